The normalized spacial score (nSPS) is 25.3. The summed E-state index contributed by atoms with van der Waals surface area (Å²) in [5.41, 5.74) is 0. The van der Waals surface area contributed by atoms with Crippen molar-refractivity contribution in [3.8, 4) is 0 Å². The van der Waals surface area contributed by atoms with Crippen LogP contribution in [0, 0.1) is 5.92 Å². The molecule has 1 saturated carbocycles. The van der Waals surface area contributed by atoms with E-state index in [2.05, 4.69) is 17.1 Å². The highest BCUT2D eigenvalue weighted by Crippen LogP contribution is 2.25. The second-order valence-electron chi connectivity index (χ2n) is 5.87. The molecule has 112 valence electrons. The van der Waals surface area contributed by atoms with Gasteiger partial charge in [0, 0.05) is 13.1 Å². The highest BCUT2D eigenvalue weighted by molar-refractivity contribution is 5.81. The van der Waals surface area contributed by atoms with Crippen LogP contribution in [-0.2, 0) is 4.79 Å². The van der Waals surface area contributed by atoms with Crippen molar-refractivity contribution < 1.29 is 9.90 Å². The minimum absolute atomic E-state index is 0.0984. The van der Waals surface area contributed by atoms with Crippen LogP contribution in [0.4, 0.5) is 0 Å². The third-order valence-corrected chi connectivity index (χ3v) is 4.26. The molecule has 3 unspecified atom stereocenters. The minimum atomic E-state index is -0.188. The average Bonchev–Trinajstić information content (AvgIpc) is 2.40. The van der Waals surface area contributed by atoms with Crippen molar-refractivity contribution in [3.05, 3.63) is 0 Å². The molecule has 19 heavy (non-hydrogen) atoms. The highest BCUT2D eigenvalue weighted by Gasteiger charge is 2.27. The molecule has 1 fully saturated rings. The van der Waals surface area contributed by atoms with Crippen LogP contribution >= 0.6 is 0 Å². The predicted molar refractivity (Wildman–Crippen MR) is 78.0 cm³/mol. The first-order valence-electron chi connectivity index (χ1n) is 7.72. The molecule has 1 amide bonds. The lowest BCUT2D eigenvalue weighted by atomic mass is 9.86. The maximum Gasteiger partial charge on any atom is 0.237 e. The van der Waals surface area contributed by atoms with Crippen LogP contribution in [0.1, 0.15) is 52.4 Å². The van der Waals surface area contributed by atoms with E-state index in [-0.39, 0.29) is 18.1 Å². The van der Waals surface area contributed by atoms with Gasteiger partial charge in [-0.1, -0.05) is 26.2 Å². The van der Waals surface area contributed by atoms with Crippen molar-refractivity contribution in [2.45, 2.75) is 64.5 Å². The Bertz CT molecular complexity index is 271. The fraction of sp³-hybridized carbons (Fsp3) is 0.933. The third-order valence-electron chi connectivity index (χ3n) is 4.26. The number of aliphatic hydroxyl groups is 1. The van der Waals surface area contributed by atoms with E-state index in [1.54, 1.807) is 0 Å². The molecule has 0 saturated heterocycles. The minimum Gasteiger partial charge on any atom is -0.393 e. The predicted octanol–water partition coefficient (Wildman–Crippen LogP) is 1.77. The van der Waals surface area contributed by atoms with Crippen LogP contribution in [0.25, 0.3) is 0 Å². The smallest absolute Gasteiger partial charge is 0.237 e. The third kappa shape index (κ3) is 5.49. The number of rotatable bonds is 7. The van der Waals surface area contributed by atoms with Crippen LogP contribution in [0.15, 0.2) is 0 Å². The summed E-state index contributed by atoms with van der Waals surface area (Å²) in [5, 5.41) is 13.0. The summed E-state index contributed by atoms with van der Waals surface area (Å²) in [6, 6.07) is -0.119. The highest BCUT2D eigenvalue weighted by atomic mass is 16.3. The van der Waals surface area contributed by atoms with E-state index >= 15 is 0 Å². The van der Waals surface area contributed by atoms with E-state index in [1.807, 2.05) is 14.0 Å². The molecule has 2 N–H and O–H groups in total. The van der Waals surface area contributed by atoms with Gasteiger partial charge < -0.3 is 10.4 Å². The Balaban J connectivity index is 2.34. The van der Waals surface area contributed by atoms with Crippen LogP contribution < -0.4 is 5.32 Å². The van der Waals surface area contributed by atoms with Crippen molar-refractivity contribution in [1.29, 1.82) is 0 Å². The number of amides is 1. The molecule has 0 radical (unpaired) electrons. The quantitative estimate of drug-likeness (QED) is 0.693. The van der Waals surface area contributed by atoms with Gasteiger partial charge in [-0.05, 0) is 39.2 Å². The van der Waals surface area contributed by atoms with Gasteiger partial charge in [-0.3, -0.25) is 9.69 Å². The van der Waals surface area contributed by atoms with Crippen LogP contribution in [0.2, 0.25) is 0 Å². The number of hydrogen-bond donors (Lipinski definition) is 2. The van der Waals surface area contributed by atoms with Gasteiger partial charge in [0.1, 0.15) is 0 Å². The maximum atomic E-state index is 12.0. The Labute approximate surface area is 117 Å². The van der Waals surface area contributed by atoms with E-state index in [9.17, 15) is 9.90 Å². The fourth-order valence-electron chi connectivity index (χ4n) is 2.67. The molecule has 4 heteroatoms. The van der Waals surface area contributed by atoms with Gasteiger partial charge in [0.25, 0.3) is 0 Å². The number of nitrogens with one attached hydrogen (secondary N) is 1. The summed E-state index contributed by atoms with van der Waals surface area (Å²) in [6.45, 7) is 5.63. The van der Waals surface area contributed by atoms with Gasteiger partial charge in [0.05, 0.1) is 12.1 Å². The lowest BCUT2D eigenvalue weighted by molar-refractivity contribution is -0.125. The van der Waals surface area contributed by atoms with E-state index in [1.165, 1.54) is 6.42 Å². The zero-order chi connectivity index (χ0) is 14.3. The Hall–Kier alpha value is -0.610. The van der Waals surface area contributed by atoms with Gasteiger partial charge in [-0.2, -0.15) is 0 Å². The molecule has 0 aromatic carbocycles. The van der Waals surface area contributed by atoms with Crippen LogP contribution in [0.5, 0.6) is 0 Å². The first kappa shape index (κ1) is 16.4. The second kappa shape index (κ2) is 8.54. The summed E-state index contributed by atoms with van der Waals surface area (Å²) in [5.74, 6) is 0.422. The summed E-state index contributed by atoms with van der Waals surface area (Å²) in [6.07, 6.45) is 6.26. The van der Waals surface area contributed by atoms with Crippen molar-refractivity contribution in [3.63, 3.8) is 0 Å². The Kier molecular flexibility index (Phi) is 7.39. The molecule has 1 aliphatic carbocycles. The number of carbonyl (C=O) groups is 1. The summed E-state index contributed by atoms with van der Waals surface area (Å²) < 4.78 is 0. The Morgan fingerprint density at radius 3 is 2.74 bits per heavy atom. The van der Waals surface area contributed by atoms with Crippen molar-refractivity contribution >= 4 is 5.91 Å². The number of hydrogen-bond acceptors (Lipinski definition) is 3. The van der Waals surface area contributed by atoms with Crippen LogP contribution in [-0.4, -0.2) is 48.2 Å². The SMILES string of the molecule is CCCCNC(=O)C(C)N(C)CC1CCCCC1O. The van der Waals surface area contributed by atoms with Gasteiger partial charge >= 0.3 is 0 Å². The number of unbranched alkanes of at least 4 members (excludes halogenated alkanes) is 1. The molecule has 0 bridgehead atoms. The Morgan fingerprint density at radius 1 is 1.42 bits per heavy atom. The van der Waals surface area contributed by atoms with E-state index in [4.69, 9.17) is 0 Å². The number of likely N-dealkylation sites (N-methyl/N-ethyl adjacent to an activating group) is 1. The molecule has 0 aromatic heterocycles. The van der Waals surface area contributed by atoms with Crippen LogP contribution in [0.3, 0.4) is 0 Å². The summed E-state index contributed by atoms with van der Waals surface area (Å²) in [7, 11) is 1.98. The van der Waals surface area contributed by atoms with Gasteiger partial charge in [-0.15, -0.1) is 0 Å². The van der Waals surface area contributed by atoms with Gasteiger partial charge in [-0.25, -0.2) is 0 Å². The summed E-state index contributed by atoms with van der Waals surface area (Å²) >= 11 is 0. The van der Waals surface area contributed by atoms with Crippen molar-refractivity contribution in [1.82, 2.24) is 10.2 Å². The molecular formula is C15H30N2O2. The van der Waals surface area contributed by atoms with E-state index in [0.29, 0.717) is 5.92 Å². The first-order valence-corrected chi connectivity index (χ1v) is 7.72. The Morgan fingerprint density at radius 2 is 2.11 bits per heavy atom. The molecular weight excluding hydrogens is 240 g/mol. The zero-order valence-corrected chi connectivity index (χ0v) is 12.7. The largest absolute Gasteiger partial charge is 0.393 e. The number of carbonyl (C=O) groups excluding carboxylic acids is 1. The standard InChI is InChI=1S/C15H30N2O2/c1-4-5-10-16-15(19)12(2)17(3)11-13-8-6-7-9-14(13)18/h12-14,18H,4-11H2,1-3H3,(H,16,19). The molecule has 4 nitrogen and oxygen atoms in total. The van der Waals surface area contributed by atoms with E-state index in [0.717, 1.165) is 45.2 Å². The molecule has 1 aliphatic rings. The van der Waals surface area contributed by atoms with Gasteiger partial charge in [0.2, 0.25) is 5.91 Å². The monoisotopic (exact) mass is 270 g/mol. The average molecular weight is 270 g/mol. The summed E-state index contributed by atoms with van der Waals surface area (Å²) in [4.78, 5) is 14.0. The van der Waals surface area contributed by atoms with E-state index < -0.39 is 0 Å². The lowest BCUT2D eigenvalue weighted by Gasteiger charge is -2.33. The topological polar surface area (TPSA) is 52.6 Å². The van der Waals surface area contributed by atoms with Crippen molar-refractivity contribution in [2.75, 3.05) is 20.1 Å². The molecule has 0 spiro atoms. The fourth-order valence-corrected chi connectivity index (χ4v) is 2.67. The number of nitrogens with zero attached hydrogens (tertiary/aromatic N) is 1. The molecule has 0 aromatic rings. The molecule has 3 atom stereocenters. The first-order chi connectivity index (χ1) is 9.06. The zero-order valence-electron chi connectivity index (χ0n) is 12.7. The molecule has 0 heterocycles. The van der Waals surface area contributed by atoms with Crippen molar-refractivity contribution in [2.24, 2.45) is 5.92 Å². The molecule has 0 aliphatic heterocycles. The lowest BCUT2D eigenvalue weighted by Crippen LogP contribution is -2.46. The maximum absolute atomic E-state index is 12.0. The second-order valence-corrected chi connectivity index (χ2v) is 5.87. The number of aliphatic hydroxyl groups excluding tert-OH is 1. The molecule has 1 rings (SSSR count). The van der Waals surface area contributed by atoms with Gasteiger partial charge in [0.15, 0.2) is 0 Å².